The molecular formula is C33H25O2P. The van der Waals surface area contributed by atoms with E-state index in [0.29, 0.717) is 5.56 Å². The summed E-state index contributed by atoms with van der Waals surface area (Å²) < 4.78 is 5.30. The number of carbonyl (C=O) groups is 1. The molecule has 6 rings (SSSR count). The number of rotatable bonds is 4. The molecule has 0 spiro atoms. The van der Waals surface area contributed by atoms with E-state index in [1.807, 2.05) is 12.1 Å². The van der Waals surface area contributed by atoms with Gasteiger partial charge in [-0.15, -0.1) is 0 Å². The first-order valence-corrected chi connectivity index (χ1v) is 13.8. The molecule has 0 saturated heterocycles. The van der Waals surface area contributed by atoms with E-state index in [0.717, 1.165) is 16.7 Å². The maximum absolute atomic E-state index is 13.2. The molecule has 0 aliphatic heterocycles. The molecule has 5 aromatic carbocycles. The van der Waals surface area contributed by atoms with Gasteiger partial charge < -0.3 is 4.74 Å². The Bertz CT molecular complexity index is 1520. The molecule has 5 aromatic rings. The van der Waals surface area contributed by atoms with Crippen molar-refractivity contribution >= 4 is 34.1 Å². The van der Waals surface area contributed by atoms with Crippen molar-refractivity contribution in [3.8, 4) is 11.1 Å². The zero-order chi connectivity index (χ0) is 24.5. The Morgan fingerprint density at radius 1 is 0.528 bits per heavy atom. The maximum Gasteiger partial charge on any atom is 0.338 e. The lowest BCUT2D eigenvalue weighted by Gasteiger charge is -2.33. The van der Waals surface area contributed by atoms with Crippen LogP contribution in [0.4, 0.5) is 0 Å². The first-order chi connectivity index (χ1) is 17.8. The van der Waals surface area contributed by atoms with Gasteiger partial charge in [-0.3, -0.25) is 0 Å². The summed E-state index contributed by atoms with van der Waals surface area (Å²) in [6.07, 6.45) is 0. The monoisotopic (exact) mass is 484 g/mol. The number of ether oxygens (including phenoxy) is 1. The number of hydrogen-bond donors (Lipinski definition) is 0. The van der Waals surface area contributed by atoms with Crippen molar-refractivity contribution in [1.29, 1.82) is 0 Å². The first-order valence-electron chi connectivity index (χ1n) is 12.0. The minimum absolute atomic E-state index is 0.315. The van der Waals surface area contributed by atoms with Crippen LogP contribution >= 0.6 is 6.89 Å². The van der Waals surface area contributed by atoms with Crippen LogP contribution in [0.3, 0.4) is 0 Å². The van der Waals surface area contributed by atoms with Crippen molar-refractivity contribution in [1.82, 2.24) is 0 Å². The van der Waals surface area contributed by atoms with Crippen molar-refractivity contribution in [2.75, 3.05) is 7.11 Å². The molecule has 0 aromatic heterocycles. The van der Waals surface area contributed by atoms with Crippen LogP contribution in [0, 0.1) is 0 Å². The van der Waals surface area contributed by atoms with Crippen LogP contribution in [0.15, 0.2) is 133 Å². The molecule has 1 aliphatic carbocycles. The summed E-state index contributed by atoms with van der Waals surface area (Å²) >= 11 is 0. The van der Waals surface area contributed by atoms with E-state index in [4.69, 9.17) is 4.74 Å². The predicted molar refractivity (Wildman–Crippen MR) is 152 cm³/mol. The van der Waals surface area contributed by atoms with Crippen LogP contribution in [0.2, 0.25) is 0 Å². The lowest BCUT2D eigenvalue weighted by atomic mass is 10.0. The average molecular weight is 485 g/mol. The third kappa shape index (κ3) is 3.30. The lowest BCUT2D eigenvalue weighted by molar-refractivity contribution is 0.0600. The molecule has 2 nitrogen and oxygen atoms in total. The lowest BCUT2D eigenvalue weighted by Crippen LogP contribution is -2.31. The Balaban J connectivity index is 1.95. The average Bonchev–Trinajstić information content (AvgIpc) is 3.30. The zero-order valence-corrected chi connectivity index (χ0v) is 20.9. The van der Waals surface area contributed by atoms with E-state index < -0.39 is 6.89 Å². The van der Waals surface area contributed by atoms with Crippen LogP contribution < -0.4 is 15.9 Å². The normalized spacial score (nSPS) is 12.1. The molecule has 0 radical (unpaired) electrons. The van der Waals surface area contributed by atoms with E-state index >= 15 is 0 Å². The van der Waals surface area contributed by atoms with Crippen LogP contribution in [0.25, 0.3) is 11.1 Å². The van der Waals surface area contributed by atoms with Crippen molar-refractivity contribution < 1.29 is 9.53 Å². The summed E-state index contributed by atoms with van der Waals surface area (Å²) in [5, 5.41) is 4.96. The maximum atomic E-state index is 13.2. The summed E-state index contributed by atoms with van der Waals surface area (Å²) in [5.74, 6) is -0.315. The molecule has 3 heteroatoms. The van der Waals surface area contributed by atoms with Gasteiger partial charge in [0.2, 0.25) is 0 Å². The van der Waals surface area contributed by atoms with Gasteiger partial charge in [0.25, 0.3) is 0 Å². The van der Waals surface area contributed by atoms with Gasteiger partial charge >= 0.3 is 5.97 Å². The molecule has 0 fully saturated rings. The van der Waals surface area contributed by atoms with Crippen molar-refractivity contribution in [3.63, 3.8) is 0 Å². The molecule has 174 valence electrons. The molecule has 0 amide bonds. The van der Waals surface area contributed by atoms with Gasteiger partial charge in [0.05, 0.1) is 12.7 Å². The summed E-state index contributed by atoms with van der Waals surface area (Å²) in [6.45, 7) is -2.43. The fourth-order valence-electron chi connectivity index (χ4n) is 5.51. The molecule has 0 atom stereocenters. The zero-order valence-electron chi connectivity index (χ0n) is 20.0. The minimum Gasteiger partial charge on any atom is -0.465 e. The first kappa shape index (κ1) is 22.3. The van der Waals surface area contributed by atoms with Crippen LogP contribution in [-0.4, -0.2) is 18.4 Å². The van der Waals surface area contributed by atoms with Crippen molar-refractivity contribution in [2.45, 2.75) is 0 Å². The molecule has 1 aliphatic rings. The molecule has 0 saturated carbocycles. The number of methoxy groups -OCH3 is 1. The van der Waals surface area contributed by atoms with Crippen molar-refractivity contribution in [3.05, 3.63) is 150 Å². The third-order valence-corrected chi connectivity index (χ3v) is 11.3. The molecular weight excluding hydrogens is 459 g/mol. The highest BCUT2D eigenvalue weighted by Gasteiger charge is 2.38. The smallest absolute Gasteiger partial charge is 0.338 e. The quantitative estimate of drug-likeness (QED) is 0.226. The molecule has 36 heavy (non-hydrogen) atoms. The Hall–Kier alpha value is -4.13. The molecule has 0 heterocycles. The largest absolute Gasteiger partial charge is 0.465 e. The second kappa shape index (κ2) is 9.15. The van der Waals surface area contributed by atoms with E-state index in [1.54, 1.807) is 0 Å². The van der Waals surface area contributed by atoms with E-state index in [2.05, 4.69) is 121 Å². The number of benzene rings is 5. The highest BCUT2D eigenvalue weighted by molar-refractivity contribution is 7.96. The summed E-state index contributed by atoms with van der Waals surface area (Å²) in [5.41, 5.74) is 4.99. The SMILES string of the molecule is COC(=O)c1cccc2c1C(=P(c1ccccc1)(c1ccccc1)c1ccccc1)c1ccccc1-2. The van der Waals surface area contributed by atoms with Gasteiger partial charge in [-0.25, -0.2) is 4.79 Å². The fourth-order valence-corrected chi connectivity index (χ4v) is 10.2. The second-order valence-electron chi connectivity index (χ2n) is 8.79. The van der Waals surface area contributed by atoms with Gasteiger partial charge in [0.15, 0.2) is 0 Å². The van der Waals surface area contributed by atoms with Crippen LogP contribution in [0.1, 0.15) is 21.5 Å². The Morgan fingerprint density at radius 2 is 0.972 bits per heavy atom. The summed E-state index contributed by atoms with van der Waals surface area (Å²) in [7, 11) is 1.46. The van der Waals surface area contributed by atoms with Gasteiger partial charge in [-0.2, -0.15) is 0 Å². The predicted octanol–water partition coefficient (Wildman–Crippen LogP) is 6.02. The van der Waals surface area contributed by atoms with Gasteiger partial charge in [0, 0.05) is 10.9 Å². The van der Waals surface area contributed by atoms with Gasteiger partial charge in [0.1, 0.15) is 0 Å². The fraction of sp³-hybridized carbons (Fsp3) is 0.0303. The third-order valence-electron chi connectivity index (χ3n) is 6.94. The Morgan fingerprint density at radius 3 is 1.47 bits per heavy atom. The van der Waals surface area contributed by atoms with E-state index in [9.17, 15) is 4.79 Å². The Kier molecular flexibility index (Phi) is 5.68. The van der Waals surface area contributed by atoms with Crippen LogP contribution in [0.5, 0.6) is 0 Å². The highest BCUT2D eigenvalue weighted by Crippen LogP contribution is 2.54. The number of carbonyl (C=O) groups excluding carboxylic acids is 1. The van der Waals surface area contributed by atoms with E-state index in [-0.39, 0.29) is 5.97 Å². The Labute approximate surface area is 211 Å². The highest BCUT2D eigenvalue weighted by atomic mass is 31.2. The number of esters is 1. The number of hydrogen-bond acceptors (Lipinski definition) is 2. The summed E-state index contributed by atoms with van der Waals surface area (Å²) in [4.78, 5) is 13.2. The number of fused-ring (bicyclic) bond motifs is 3. The topological polar surface area (TPSA) is 26.3 Å². The molecule has 0 N–H and O–H groups in total. The minimum atomic E-state index is -2.43. The van der Waals surface area contributed by atoms with Gasteiger partial charge in [-0.1, -0.05) is 127 Å². The molecule has 0 unspecified atom stereocenters. The van der Waals surface area contributed by atoms with E-state index in [1.165, 1.54) is 33.9 Å². The van der Waals surface area contributed by atoms with Gasteiger partial charge in [-0.05, 0) is 45.6 Å². The van der Waals surface area contributed by atoms with Crippen molar-refractivity contribution in [2.24, 2.45) is 0 Å². The standard InChI is InChI=1S/C33H25O2P/c1-35-33(34)30-23-13-22-28-27-20-11-12-21-29(27)32(31(28)30)36(24-14-5-2-6-15-24,25-16-7-3-8-17-25)26-18-9-4-10-19-26/h2-23H,1H3. The summed E-state index contributed by atoms with van der Waals surface area (Å²) in [6, 6.07) is 46.8. The second-order valence-corrected chi connectivity index (χ2v) is 12.1. The molecule has 0 bridgehead atoms. The van der Waals surface area contributed by atoms with Crippen LogP contribution in [-0.2, 0) is 4.74 Å².